The lowest BCUT2D eigenvalue weighted by Crippen LogP contribution is -2.39. The molecule has 0 saturated heterocycles. The summed E-state index contributed by atoms with van der Waals surface area (Å²) < 4.78 is 41.4. The molecular weight excluding hydrogens is 422 g/mol. The van der Waals surface area contributed by atoms with Gasteiger partial charge in [0.15, 0.2) is 11.5 Å². The molecule has 0 saturated carbocycles. The Labute approximate surface area is 182 Å². The number of hydrazone groups is 1. The fourth-order valence-corrected chi connectivity index (χ4v) is 3.48. The summed E-state index contributed by atoms with van der Waals surface area (Å²) in [6.07, 6.45) is 2.54. The summed E-state index contributed by atoms with van der Waals surface area (Å²) in [6.45, 7) is 3.42. The molecule has 1 amide bonds. The zero-order valence-corrected chi connectivity index (χ0v) is 19.0. The summed E-state index contributed by atoms with van der Waals surface area (Å²) in [5, 5.41) is 3.89. The minimum Gasteiger partial charge on any atom is -0.493 e. The minimum atomic E-state index is -3.74. The van der Waals surface area contributed by atoms with Crippen LogP contribution in [-0.4, -0.2) is 53.7 Å². The molecule has 2 rings (SSSR count). The maximum Gasteiger partial charge on any atom is 0.260 e. The van der Waals surface area contributed by atoms with Gasteiger partial charge in [-0.25, -0.2) is 13.8 Å². The molecular formula is C21H27N3O6S. The number of carbonyl (C=O) groups is 1. The number of hydrogen-bond acceptors (Lipinski definition) is 7. The van der Waals surface area contributed by atoms with Crippen molar-refractivity contribution in [1.29, 1.82) is 0 Å². The molecule has 0 unspecified atom stereocenters. The molecule has 0 aliphatic heterocycles. The van der Waals surface area contributed by atoms with Crippen molar-refractivity contribution in [3.05, 3.63) is 48.0 Å². The van der Waals surface area contributed by atoms with Crippen LogP contribution in [0.25, 0.3) is 0 Å². The van der Waals surface area contributed by atoms with Gasteiger partial charge in [-0.1, -0.05) is 0 Å². The highest BCUT2D eigenvalue weighted by molar-refractivity contribution is 7.92. The van der Waals surface area contributed by atoms with Crippen molar-refractivity contribution in [3.63, 3.8) is 0 Å². The summed E-state index contributed by atoms with van der Waals surface area (Å²) in [7, 11) is -0.825. The predicted molar refractivity (Wildman–Crippen MR) is 120 cm³/mol. The Bertz CT molecular complexity index is 1020. The Morgan fingerprint density at radius 2 is 1.74 bits per heavy atom. The zero-order chi connectivity index (χ0) is 23.0. The fraction of sp³-hybridized carbons (Fsp3) is 0.333. The van der Waals surface area contributed by atoms with E-state index in [1.807, 2.05) is 13.8 Å². The lowest BCUT2D eigenvalue weighted by Gasteiger charge is -2.22. The fourth-order valence-electron chi connectivity index (χ4n) is 2.63. The maximum atomic E-state index is 12.3. The van der Waals surface area contributed by atoms with Crippen molar-refractivity contribution < 1.29 is 27.4 Å². The van der Waals surface area contributed by atoms with E-state index in [0.717, 1.165) is 21.9 Å². The Hall–Kier alpha value is -3.27. The monoisotopic (exact) mass is 449 g/mol. The van der Waals surface area contributed by atoms with Crippen LogP contribution in [0.4, 0.5) is 5.69 Å². The first-order valence-electron chi connectivity index (χ1n) is 9.42. The summed E-state index contributed by atoms with van der Waals surface area (Å²) in [6, 6.07) is 11.8. The van der Waals surface area contributed by atoms with E-state index in [-0.39, 0.29) is 11.8 Å². The van der Waals surface area contributed by atoms with Crippen LogP contribution in [-0.2, 0) is 14.8 Å². The summed E-state index contributed by atoms with van der Waals surface area (Å²) in [4.78, 5) is 12.3. The molecule has 2 aromatic rings. The molecule has 0 fully saturated rings. The standard InChI is InChI=1S/C21H27N3O6S/c1-15(2)30-18-9-6-16(7-10-18)13-22-23-21(25)14-24(31(5,26)27)17-8-11-19(28-3)20(12-17)29-4/h6-13,15H,14H2,1-5H3,(H,23,25)/b22-13-. The summed E-state index contributed by atoms with van der Waals surface area (Å²) in [5.74, 6) is 0.918. The number of benzene rings is 2. The van der Waals surface area contributed by atoms with E-state index in [4.69, 9.17) is 14.2 Å². The van der Waals surface area contributed by atoms with E-state index in [1.54, 1.807) is 30.3 Å². The minimum absolute atomic E-state index is 0.0715. The molecule has 0 atom stereocenters. The van der Waals surface area contributed by atoms with E-state index >= 15 is 0 Å². The van der Waals surface area contributed by atoms with Gasteiger partial charge in [-0.05, 0) is 55.8 Å². The highest BCUT2D eigenvalue weighted by atomic mass is 32.2. The molecule has 31 heavy (non-hydrogen) atoms. The molecule has 2 aromatic carbocycles. The molecule has 0 aliphatic carbocycles. The summed E-state index contributed by atoms with van der Waals surface area (Å²) >= 11 is 0. The Morgan fingerprint density at radius 3 is 2.29 bits per heavy atom. The second kappa shape index (κ2) is 10.7. The number of nitrogens with one attached hydrogen (secondary N) is 1. The third-order valence-electron chi connectivity index (χ3n) is 4.00. The molecule has 0 spiro atoms. The zero-order valence-electron chi connectivity index (χ0n) is 18.2. The van der Waals surface area contributed by atoms with Crippen LogP contribution in [0, 0.1) is 0 Å². The number of sulfonamides is 1. The van der Waals surface area contributed by atoms with Crippen LogP contribution < -0.4 is 23.9 Å². The van der Waals surface area contributed by atoms with Gasteiger partial charge in [0.25, 0.3) is 5.91 Å². The number of amides is 1. The third kappa shape index (κ3) is 7.18. The third-order valence-corrected chi connectivity index (χ3v) is 5.14. The van der Waals surface area contributed by atoms with Gasteiger partial charge in [0, 0.05) is 6.07 Å². The van der Waals surface area contributed by atoms with E-state index in [0.29, 0.717) is 11.5 Å². The number of hydrogen-bond donors (Lipinski definition) is 1. The Balaban J connectivity index is 2.07. The van der Waals surface area contributed by atoms with E-state index in [2.05, 4.69) is 10.5 Å². The number of rotatable bonds is 10. The van der Waals surface area contributed by atoms with E-state index in [9.17, 15) is 13.2 Å². The van der Waals surface area contributed by atoms with Gasteiger partial charge in [-0.2, -0.15) is 5.10 Å². The van der Waals surface area contributed by atoms with E-state index < -0.39 is 22.5 Å². The number of methoxy groups -OCH3 is 2. The van der Waals surface area contributed by atoms with Crippen molar-refractivity contribution >= 4 is 27.8 Å². The topological polar surface area (TPSA) is 107 Å². The van der Waals surface area contributed by atoms with Gasteiger partial charge in [-0.3, -0.25) is 9.10 Å². The van der Waals surface area contributed by atoms with Crippen LogP contribution in [0.1, 0.15) is 19.4 Å². The lowest BCUT2D eigenvalue weighted by atomic mass is 10.2. The van der Waals surface area contributed by atoms with Gasteiger partial charge in [0.2, 0.25) is 10.0 Å². The maximum absolute atomic E-state index is 12.3. The van der Waals surface area contributed by atoms with Crippen LogP contribution in [0.15, 0.2) is 47.6 Å². The molecule has 0 radical (unpaired) electrons. The van der Waals surface area contributed by atoms with Crippen molar-refractivity contribution in [2.45, 2.75) is 20.0 Å². The van der Waals surface area contributed by atoms with Gasteiger partial charge in [-0.15, -0.1) is 0 Å². The smallest absolute Gasteiger partial charge is 0.260 e. The van der Waals surface area contributed by atoms with Gasteiger partial charge in [0.1, 0.15) is 12.3 Å². The molecule has 0 aliphatic rings. The first-order chi connectivity index (χ1) is 14.6. The highest BCUT2D eigenvalue weighted by Gasteiger charge is 2.22. The molecule has 0 aromatic heterocycles. The van der Waals surface area contributed by atoms with E-state index in [1.165, 1.54) is 32.6 Å². The van der Waals surface area contributed by atoms with Crippen LogP contribution in [0.3, 0.4) is 0 Å². The Kier molecular flexibility index (Phi) is 8.26. The number of carbonyl (C=O) groups excluding carboxylic acids is 1. The quantitative estimate of drug-likeness (QED) is 0.441. The van der Waals surface area contributed by atoms with Crippen molar-refractivity contribution in [2.24, 2.45) is 5.10 Å². The van der Waals surface area contributed by atoms with Gasteiger partial charge >= 0.3 is 0 Å². The highest BCUT2D eigenvalue weighted by Crippen LogP contribution is 2.32. The summed E-state index contributed by atoms with van der Waals surface area (Å²) in [5.41, 5.74) is 3.35. The SMILES string of the molecule is COc1ccc(N(CC(=O)N/N=C\c2ccc(OC(C)C)cc2)S(C)(=O)=O)cc1OC. The molecule has 168 valence electrons. The van der Waals surface area contributed by atoms with Crippen molar-refractivity contribution in [2.75, 3.05) is 31.3 Å². The number of anilines is 1. The normalized spacial score (nSPS) is 11.4. The number of ether oxygens (including phenoxy) is 3. The van der Waals surface area contributed by atoms with Gasteiger partial charge < -0.3 is 14.2 Å². The van der Waals surface area contributed by atoms with Crippen LogP contribution in [0.5, 0.6) is 17.2 Å². The average molecular weight is 450 g/mol. The molecule has 10 heteroatoms. The van der Waals surface area contributed by atoms with Crippen LogP contribution >= 0.6 is 0 Å². The molecule has 1 N–H and O–H groups in total. The largest absolute Gasteiger partial charge is 0.493 e. The average Bonchev–Trinajstić information content (AvgIpc) is 2.71. The van der Waals surface area contributed by atoms with Gasteiger partial charge in [0.05, 0.1) is 38.5 Å². The second-order valence-electron chi connectivity index (χ2n) is 6.84. The lowest BCUT2D eigenvalue weighted by molar-refractivity contribution is -0.119. The molecule has 0 heterocycles. The van der Waals surface area contributed by atoms with Crippen molar-refractivity contribution in [1.82, 2.24) is 5.43 Å². The van der Waals surface area contributed by atoms with Crippen LogP contribution in [0.2, 0.25) is 0 Å². The molecule has 9 nitrogen and oxygen atoms in total. The first kappa shape index (κ1) is 24.0. The number of nitrogens with zero attached hydrogens (tertiary/aromatic N) is 2. The first-order valence-corrected chi connectivity index (χ1v) is 11.3. The van der Waals surface area contributed by atoms with Crippen molar-refractivity contribution in [3.8, 4) is 17.2 Å². The Morgan fingerprint density at radius 1 is 1.10 bits per heavy atom. The second-order valence-corrected chi connectivity index (χ2v) is 8.74. The predicted octanol–water partition coefficient (Wildman–Crippen LogP) is 2.41. The molecule has 0 bridgehead atoms.